The van der Waals surface area contributed by atoms with Crippen molar-refractivity contribution in [2.24, 2.45) is 28.6 Å². The molecule has 0 bridgehead atoms. The smallest absolute Gasteiger partial charge is 0.205 e. The van der Waals surface area contributed by atoms with Gasteiger partial charge in [-0.2, -0.15) is 0 Å². The third-order valence-corrected chi connectivity index (χ3v) is 10.5. The lowest BCUT2D eigenvalue weighted by atomic mass is 9.46. The minimum atomic E-state index is -1.17. The topological polar surface area (TPSA) is 108 Å². The third-order valence-electron chi connectivity index (χ3n) is 10.5. The summed E-state index contributed by atoms with van der Waals surface area (Å²) in [4.78, 5) is 26.3. The van der Waals surface area contributed by atoms with Crippen LogP contribution in [-0.2, 0) is 19.1 Å². The van der Waals surface area contributed by atoms with Gasteiger partial charge in [0.25, 0.3) is 0 Å². The average molecular weight is 522 g/mol. The third kappa shape index (κ3) is 3.58. The summed E-state index contributed by atoms with van der Waals surface area (Å²) in [6.07, 6.45) is 8.42. The van der Waals surface area contributed by atoms with E-state index in [-0.39, 0.29) is 47.4 Å². The van der Waals surface area contributed by atoms with Crippen molar-refractivity contribution in [2.45, 2.75) is 83.4 Å². The molecule has 0 spiro atoms. The molecule has 204 valence electrons. The van der Waals surface area contributed by atoms with E-state index in [4.69, 9.17) is 19.9 Å². The molecule has 38 heavy (non-hydrogen) atoms. The number of benzene rings is 1. The number of nitrogen functional groups attached to an aromatic ring is 1. The molecule has 1 aliphatic heterocycles. The van der Waals surface area contributed by atoms with Crippen molar-refractivity contribution in [3.05, 3.63) is 48.1 Å². The number of carbonyl (C=O) groups is 2. The largest absolute Gasteiger partial charge is 0.486 e. The van der Waals surface area contributed by atoms with E-state index in [2.05, 4.69) is 20.8 Å². The fraction of sp³-hybridized carbons (Fsp3) is 0.613. The first-order valence-corrected chi connectivity index (χ1v) is 14.1. The van der Waals surface area contributed by atoms with Gasteiger partial charge in [-0.1, -0.05) is 38.8 Å². The monoisotopic (exact) mass is 521 g/mol. The quantitative estimate of drug-likeness (QED) is 0.535. The first-order valence-electron chi connectivity index (χ1n) is 14.1. The van der Waals surface area contributed by atoms with Gasteiger partial charge in [-0.25, -0.2) is 0 Å². The summed E-state index contributed by atoms with van der Waals surface area (Å²) in [5.41, 5.74) is 5.41. The molecule has 9 atom stereocenters. The van der Waals surface area contributed by atoms with Crippen LogP contribution in [-0.4, -0.2) is 47.4 Å². The standard InChI is InChI=1S/C31H39NO6/c1-4-5-27-37-26-15-23-22-11-6-18-14-20(33)12-13-29(18,2)28(22)24(34)16-30(23,3)31(26,38-27)25(35)17-36-21-9-7-19(32)8-10-21/h7-10,12-14,22-24,26-28,34H,4-6,11,15-17,32H2,1-3H3/t22-,23-,24-,26+,27+,28+,29-,30-,31+/m0/s1. The maximum absolute atomic E-state index is 14.2. The number of aliphatic hydroxyl groups is 1. The molecular formula is C31H39NO6. The van der Waals surface area contributed by atoms with Gasteiger partial charge in [0.05, 0.1) is 12.2 Å². The number of nitrogens with two attached hydrogens (primary N) is 1. The summed E-state index contributed by atoms with van der Waals surface area (Å²) in [5.74, 6) is 0.789. The van der Waals surface area contributed by atoms with Crippen molar-refractivity contribution in [3.8, 4) is 5.75 Å². The summed E-state index contributed by atoms with van der Waals surface area (Å²) in [6, 6.07) is 7.01. The molecule has 4 aliphatic carbocycles. The van der Waals surface area contributed by atoms with Crippen molar-refractivity contribution in [2.75, 3.05) is 12.3 Å². The van der Waals surface area contributed by atoms with Crippen LogP contribution in [0.25, 0.3) is 0 Å². The predicted octanol–water partition coefficient (Wildman–Crippen LogP) is 4.39. The first-order chi connectivity index (χ1) is 18.1. The number of aliphatic hydroxyl groups excluding tert-OH is 1. The number of carbonyl (C=O) groups excluding carboxylic acids is 2. The molecule has 7 heteroatoms. The number of allylic oxidation sites excluding steroid dienone is 4. The van der Waals surface area contributed by atoms with E-state index < -0.39 is 23.4 Å². The Labute approximate surface area is 224 Å². The molecular weight excluding hydrogens is 482 g/mol. The lowest BCUT2D eigenvalue weighted by molar-refractivity contribution is -0.200. The van der Waals surface area contributed by atoms with Crippen LogP contribution in [0.4, 0.5) is 5.69 Å². The molecule has 0 unspecified atom stereocenters. The average Bonchev–Trinajstić information content (AvgIpc) is 3.36. The van der Waals surface area contributed by atoms with E-state index >= 15 is 0 Å². The summed E-state index contributed by atoms with van der Waals surface area (Å²) in [7, 11) is 0. The van der Waals surface area contributed by atoms with E-state index in [0.29, 0.717) is 24.3 Å². The maximum atomic E-state index is 14.2. The Hall–Kier alpha value is -2.48. The fourth-order valence-corrected chi connectivity index (χ4v) is 8.83. The van der Waals surface area contributed by atoms with Crippen LogP contribution >= 0.6 is 0 Å². The van der Waals surface area contributed by atoms with Gasteiger partial charge < -0.3 is 25.1 Å². The van der Waals surface area contributed by atoms with Gasteiger partial charge in [-0.3, -0.25) is 9.59 Å². The first kappa shape index (κ1) is 25.8. The maximum Gasteiger partial charge on any atom is 0.205 e. The zero-order valence-corrected chi connectivity index (χ0v) is 22.5. The highest BCUT2D eigenvalue weighted by Gasteiger charge is 2.75. The van der Waals surface area contributed by atoms with Crippen LogP contribution in [0.5, 0.6) is 5.75 Å². The lowest BCUT2D eigenvalue weighted by Gasteiger charge is -2.59. The van der Waals surface area contributed by atoms with E-state index in [0.717, 1.165) is 31.3 Å². The van der Waals surface area contributed by atoms with E-state index in [1.165, 1.54) is 0 Å². The van der Waals surface area contributed by atoms with Crippen molar-refractivity contribution >= 4 is 17.3 Å². The second kappa shape index (κ2) is 9.04. The Morgan fingerprint density at radius 3 is 2.74 bits per heavy atom. The molecule has 1 aromatic rings. The number of hydrogen-bond acceptors (Lipinski definition) is 7. The SMILES string of the molecule is CCC[C@@H]1O[C@@H]2C[C@H]3[C@@H]4CCC5=CC(=O)C=C[C@]5(C)[C@H]4[C@@H](O)C[C@]3(C)[C@]2(C(=O)COc2ccc(N)cc2)O1. The van der Waals surface area contributed by atoms with Crippen LogP contribution in [0, 0.1) is 28.6 Å². The molecule has 1 aromatic carbocycles. The zero-order chi connectivity index (χ0) is 26.9. The van der Waals surface area contributed by atoms with Gasteiger partial charge in [-0.15, -0.1) is 0 Å². The second-order valence-electron chi connectivity index (χ2n) is 12.4. The Bertz CT molecular complexity index is 1190. The van der Waals surface area contributed by atoms with E-state index in [1.54, 1.807) is 36.4 Å². The minimum absolute atomic E-state index is 0.0200. The lowest BCUT2D eigenvalue weighted by Crippen LogP contribution is -2.63. The van der Waals surface area contributed by atoms with Gasteiger partial charge >= 0.3 is 0 Å². The van der Waals surface area contributed by atoms with Gasteiger partial charge in [-0.05, 0) is 80.4 Å². The summed E-state index contributed by atoms with van der Waals surface area (Å²) >= 11 is 0. The Morgan fingerprint density at radius 1 is 1.24 bits per heavy atom. The summed E-state index contributed by atoms with van der Waals surface area (Å²) in [5, 5.41) is 11.8. The highest BCUT2D eigenvalue weighted by molar-refractivity contribution is 6.01. The van der Waals surface area contributed by atoms with Crippen LogP contribution in [0.15, 0.2) is 48.1 Å². The van der Waals surface area contributed by atoms with Gasteiger partial charge in [0.2, 0.25) is 5.78 Å². The summed E-state index contributed by atoms with van der Waals surface area (Å²) in [6.45, 7) is 6.23. The molecule has 4 fully saturated rings. The normalized spacial score (nSPS) is 43.1. The Kier molecular flexibility index (Phi) is 6.13. The van der Waals surface area contributed by atoms with Crippen molar-refractivity contribution < 1.29 is 28.9 Å². The number of Topliss-reactive ketones (excluding diaryl/α,β-unsaturated/α-hetero) is 1. The number of anilines is 1. The van der Waals surface area contributed by atoms with Gasteiger partial charge in [0.1, 0.15) is 12.4 Å². The van der Waals surface area contributed by atoms with Gasteiger partial charge in [0.15, 0.2) is 17.7 Å². The second-order valence-corrected chi connectivity index (χ2v) is 12.4. The highest BCUT2D eigenvalue weighted by atomic mass is 16.7. The van der Waals surface area contributed by atoms with E-state index in [9.17, 15) is 14.7 Å². The molecule has 3 saturated carbocycles. The van der Waals surface area contributed by atoms with Crippen molar-refractivity contribution in [1.29, 1.82) is 0 Å². The number of ketones is 2. The number of ether oxygens (including phenoxy) is 3. The fourth-order valence-electron chi connectivity index (χ4n) is 8.83. The number of rotatable bonds is 6. The zero-order valence-electron chi connectivity index (χ0n) is 22.5. The van der Waals surface area contributed by atoms with Crippen LogP contribution < -0.4 is 10.5 Å². The van der Waals surface area contributed by atoms with Crippen LogP contribution in [0.1, 0.15) is 59.3 Å². The van der Waals surface area contributed by atoms with Crippen LogP contribution in [0.3, 0.4) is 0 Å². The predicted molar refractivity (Wildman–Crippen MR) is 142 cm³/mol. The molecule has 1 saturated heterocycles. The molecule has 7 nitrogen and oxygen atoms in total. The highest BCUT2D eigenvalue weighted by Crippen LogP contribution is 2.69. The molecule has 0 amide bonds. The number of hydrogen-bond donors (Lipinski definition) is 2. The molecule has 3 N–H and O–H groups in total. The van der Waals surface area contributed by atoms with Crippen molar-refractivity contribution in [3.63, 3.8) is 0 Å². The Balaban J connectivity index is 1.34. The molecule has 1 heterocycles. The van der Waals surface area contributed by atoms with Crippen LogP contribution in [0.2, 0.25) is 0 Å². The molecule has 6 rings (SSSR count). The minimum Gasteiger partial charge on any atom is -0.486 e. The molecule has 0 aromatic heterocycles. The number of fused-ring (bicyclic) bond motifs is 7. The molecule has 5 aliphatic rings. The summed E-state index contributed by atoms with van der Waals surface area (Å²) < 4.78 is 19.1. The Morgan fingerprint density at radius 2 is 2.00 bits per heavy atom. The van der Waals surface area contributed by atoms with E-state index in [1.807, 2.05) is 6.08 Å². The van der Waals surface area contributed by atoms with Gasteiger partial charge in [0, 0.05) is 22.4 Å². The van der Waals surface area contributed by atoms with Crippen molar-refractivity contribution in [1.82, 2.24) is 0 Å². The molecule has 0 radical (unpaired) electrons.